The van der Waals surface area contributed by atoms with Crippen LogP contribution in [0.4, 0.5) is 11.6 Å². The third-order valence-corrected chi connectivity index (χ3v) is 4.30. The first-order chi connectivity index (χ1) is 11.5. The molecule has 0 saturated carbocycles. The number of likely N-dealkylation sites (N-methyl/N-ethyl adjacent to an activating group) is 1. The SMILES string of the molecule is Cc1cc(C(=O)N(C)c2ccccc2)nc(N2CCN(C)CC2)n1. The van der Waals surface area contributed by atoms with Gasteiger partial charge in [-0.2, -0.15) is 0 Å². The number of nitrogens with zero attached hydrogens (tertiary/aromatic N) is 5. The van der Waals surface area contributed by atoms with Gasteiger partial charge < -0.3 is 14.7 Å². The molecule has 0 unspecified atom stereocenters. The van der Waals surface area contributed by atoms with Crippen molar-refractivity contribution in [3.63, 3.8) is 0 Å². The second-order valence-electron chi connectivity index (χ2n) is 6.18. The Labute approximate surface area is 142 Å². The fourth-order valence-electron chi connectivity index (χ4n) is 2.75. The number of aromatic nitrogens is 2. The van der Waals surface area contributed by atoms with Crippen molar-refractivity contribution in [3.05, 3.63) is 47.8 Å². The molecule has 2 heterocycles. The number of hydrogen-bond donors (Lipinski definition) is 0. The third-order valence-electron chi connectivity index (χ3n) is 4.30. The van der Waals surface area contributed by atoms with E-state index in [1.807, 2.05) is 37.3 Å². The number of carbonyl (C=O) groups excluding carboxylic acids is 1. The second kappa shape index (κ2) is 6.97. The Hall–Kier alpha value is -2.47. The van der Waals surface area contributed by atoms with E-state index in [0.29, 0.717) is 11.6 Å². The van der Waals surface area contributed by atoms with Gasteiger partial charge in [-0.15, -0.1) is 0 Å². The minimum absolute atomic E-state index is 0.123. The Balaban J connectivity index is 1.84. The number of para-hydroxylation sites is 1. The molecule has 126 valence electrons. The molecule has 0 spiro atoms. The van der Waals surface area contributed by atoms with Crippen LogP contribution in [0.2, 0.25) is 0 Å². The van der Waals surface area contributed by atoms with Crippen LogP contribution < -0.4 is 9.80 Å². The van der Waals surface area contributed by atoms with E-state index in [2.05, 4.69) is 26.8 Å². The highest BCUT2D eigenvalue weighted by molar-refractivity contribution is 6.04. The number of aryl methyl sites for hydroxylation is 1. The fourth-order valence-corrected chi connectivity index (χ4v) is 2.75. The maximum absolute atomic E-state index is 12.8. The van der Waals surface area contributed by atoms with Gasteiger partial charge in [0.25, 0.3) is 5.91 Å². The first kappa shape index (κ1) is 16.4. The molecule has 0 bridgehead atoms. The number of hydrogen-bond acceptors (Lipinski definition) is 5. The molecule has 1 aliphatic rings. The molecule has 1 amide bonds. The molecule has 1 fully saturated rings. The molecule has 1 aromatic carbocycles. The van der Waals surface area contributed by atoms with E-state index in [1.54, 1.807) is 18.0 Å². The van der Waals surface area contributed by atoms with E-state index in [9.17, 15) is 4.79 Å². The summed E-state index contributed by atoms with van der Waals surface area (Å²) in [4.78, 5) is 27.9. The first-order valence-electron chi connectivity index (χ1n) is 8.17. The summed E-state index contributed by atoms with van der Waals surface area (Å²) >= 11 is 0. The molecule has 24 heavy (non-hydrogen) atoms. The molecule has 6 nitrogen and oxygen atoms in total. The zero-order valence-electron chi connectivity index (χ0n) is 14.4. The number of rotatable bonds is 3. The summed E-state index contributed by atoms with van der Waals surface area (Å²) in [7, 11) is 3.88. The van der Waals surface area contributed by atoms with Gasteiger partial charge in [-0.25, -0.2) is 9.97 Å². The molecular formula is C18H23N5O. The minimum Gasteiger partial charge on any atom is -0.338 e. The van der Waals surface area contributed by atoms with E-state index in [0.717, 1.165) is 37.6 Å². The molecule has 0 N–H and O–H groups in total. The lowest BCUT2D eigenvalue weighted by atomic mass is 10.2. The molecule has 0 atom stereocenters. The van der Waals surface area contributed by atoms with Crippen LogP contribution in [-0.4, -0.2) is 61.0 Å². The number of amides is 1. The maximum Gasteiger partial charge on any atom is 0.276 e. The van der Waals surface area contributed by atoms with Gasteiger partial charge in [-0.1, -0.05) is 18.2 Å². The molecule has 3 rings (SSSR count). The van der Waals surface area contributed by atoms with Crippen LogP contribution in [0.3, 0.4) is 0 Å². The quantitative estimate of drug-likeness (QED) is 0.861. The van der Waals surface area contributed by atoms with Crippen molar-refractivity contribution < 1.29 is 4.79 Å². The Morgan fingerprint density at radius 2 is 1.75 bits per heavy atom. The van der Waals surface area contributed by atoms with Crippen LogP contribution >= 0.6 is 0 Å². The van der Waals surface area contributed by atoms with Crippen molar-refractivity contribution in [2.45, 2.75) is 6.92 Å². The van der Waals surface area contributed by atoms with Crippen LogP contribution in [0.15, 0.2) is 36.4 Å². The van der Waals surface area contributed by atoms with Crippen LogP contribution in [0, 0.1) is 6.92 Å². The van der Waals surface area contributed by atoms with E-state index >= 15 is 0 Å². The van der Waals surface area contributed by atoms with E-state index in [-0.39, 0.29) is 5.91 Å². The van der Waals surface area contributed by atoms with Gasteiger partial charge in [0, 0.05) is 44.6 Å². The van der Waals surface area contributed by atoms with Crippen molar-refractivity contribution in [2.24, 2.45) is 0 Å². The third kappa shape index (κ3) is 3.54. The van der Waals surface area contributed by atoms with Crippen molar-refractivity contribution >= 4 is 17.5 Å². The zero-order valence-corrected chi connectivity index (χ0v) is 14.4. The molecule has 2 aromatic rings. The average Bonchev–Trinajstić information content (AvgIpc) is 2.61. The van der Waals surface area contributed by atoms with Crippen LogP contribution in [0.1, 0.15) is 16.2 Å². The zero-order chi connectivity index (χ0) is 17.1. The van der Waals surface area contributed by atoms with Gasteiger partial charge >= 0.3 is 0 Å². The predicted molar refractivity (Wildman–Crippen MR) is 95.7 cm³/mol. The summed E-state index contributed by atoms with van der Waals surface area (Å²) in [6, 6.07) is 11.3. The summed E-state index contributed by atoms with van der Waals surface area (Å²) < 4.78 is 0. The Kier molecular flexibility index (Phi) is 4.76. The summed E-state index contributed by atoms with van der Waals surface area (Å²) in [5.41, 5.74) is 2.09. The summed E-state index contributed by atoms with van der Waals surface area (Å²) in [6.07, 6.45) is 0. The number of piperazine rings is 1. The van der Waals surface area contributed by atoms with Gasteiger partial charge in [0.2, 0.25) is 5.95 Å². The number of anilines is 2. The number of benzene rings is 1. The lowest BCUT2D eigenvalue weighted by Gasteiger charge is -2.32. The van der Waals surface area contributed by atoms with Crippen LogP contribution in [-0.2, 0) is 0 Å². The van der Waals surface area contributed by atoms with Crippen molar-refractivity contribution in [3.8, 4) is 0 Å². The van der Waals surface area contributed by atoms with Crippen molar-refractivity contribution in [2.75, 3.05) is 50.1 Å². The Morgan fingerprint density at radius 3 is 2.42 bits per heavy atom. The molecule has 0 aliphatic carbocycles. The smallest absolute Gasteiger partial charge is 0.276 e. The van der Waals surface area contributed by atoms with Gasteiger partial charge in [0.05, 0.1) is 0 Å². The lowest BCUT2D eigenvalue weighted by Crippen LogP contribution is -2.45. The molecule has 0 radical (unpaired) electrons. The van der Waals surface area contributed by atoms with E-state index in [1.165, 1.54) is 0 Å². The monoisotopic (exact) mass is 325 g/mol. The maximum atomic E-state index is 12.8. The minimum atomic E-state index is -0.123. The molecule has 1 aromatic heterocycles. The Morgan fingerprint density at radius 1 is 1.08 bits per heavy atom. The highest BCUT2D eigenvalue weighted by Gasteiger charge is 2.21. The second-order valence-corrected chi connectivity index (χ2v) is 6.18. The van der Waals surface area contributed by atoms with Crippen LogP contribution in [0.5, 0.6) is 0 Å². The standard InChI is InChI=1S/C18H23N5O/c1-14-13-16(17(24)22(3)15-7-5-4-6-8-15)20-18(19-14)23-11-9-21(2)10-12-23/h4-8,13H,9-12H2,1-3H3. The van der Waals surface area contributed by atoms with Crippen molar-refractivity contribution in [1.29, 1.82) is 0 Å². The predicted octanol–water partition coefficient (Wildman–Crippen LogP) is 1.81. The highest BCUT2D eigenvalue weighted by atomic mass is 16.2. The molecule has 1 aliphatic heterocycles. The van der Waals surface area contributed by atoms with Crippen LogP contribution in [0.25, 0.3) is 0 Å². The van der Waals surface area contributed by atoms with Gasteiger partial charge in [0.15, 0.2) is 0 Å². The van der Waals surface area contributed by atoms with E-state index < -0.39 is 0 Å². The summed E-state index contributed by atoms with van der Waals surface area (Å²) in [6.45, 7) is 5.61. The van der Waals surface area contributed by atoms with Gasteiger partial charge in [-0.05, 0) is 32.2 Å². The topological polar surface area (TPSA) is 52.6 Å². The Bertz CT molecular complexity index is 711. The molecular weight excluding hydrogens is 302 g/mol. The molecule has 6 heteroatoms. The largest absolute Gasteiger partial charge is 0.338 e. The van der Waals surface area contributed by atoms with E-state index in [4.69, 9.17) is 0 Å². The molecule has 1 saturated heterocycles. The highest BCUT2D eigenvalue weighted by Crippen LogP contribution is 2.17. The number of carbonyl (C=O) groups is 1. The lowest BCUT2D eigenvalue weighted by molar-refractivity contribution is 0.0988. The summed E-state index contributed by atoms with van der Waals surface area (Å²) in [5, 5.41) is 0. The van der Waals surface area contributed by atoms with Crippen molar-refractivity contribution in [1.82, 2.24) is 14.9 Å². The summed E-state index contributed by atoms with van der Waals surface area (Å²) in [5.74, 6) is 0.523. The fraction of sp³-hybridized carbons (Fsp3) is 0.389. The average molecular weight is 325 g/mol. The van der Waals surface area contributed by atoms with Gasteiger partial charge in [-0.3, -0.25) is 4.79 Å². The first-order valence-corrected chi connectivity index (χ1v) is 8.17. The van der Waals surface area contributed by atoms with Gasteiger partial charge in [0.1, 0.15) is 5.69 Å². The normalized spacial score (nSPS) is 15.4.